The van der Waals surface area contributed by atoms with Gasteiger partial charge in [-0.25, -0.2) is 4.98 Å². The van der Waals surface area contributed by atoms with Crippen LogP contribution in [0.2, 0.25) is 0 Å². The molecule has 3 aromatic rings. The molecular formula is C24H25F3N4O2. The molecular weight excluding hydrogens is 433 g/mol. The van der Waals surface area contributed by atoms with Crippen LogP contribution in [-0.2, 0) is 19.3 Å². The SMILES string of the molecule is CCn1c(=O)c(C)nc2cc(C(=O)N3CCN(Cc4ccc(C(F)(F)F)cc4)CC3)ccc21. The van der Waals surface area contributed by atoms with E-state index in [1.165, 1.54) is 12.1 Å². The molecule has 174 valence electrons. The van der Waals surface area contributed by atoms with Crippen molar-refractivity contribution >= 4 is 16.9 Å². The third kappa shape index (κ3) is 4.78. The molecule has 33 heavy (non-hydrogen) atoms. The molecule has 1 aromatic heterocycles. The molecule has 0 aliphatic carbocycles. The van der Waals surface area contributed by atoms with Gasteiger partial charge in [-0.15, -0.1) is 0 Å². The first kappa shape index (κ1) is 23.0. The van der Waals surface area contributed by atoms with Crippen molar-refractivity contribution in [1.82, 2.24) is 19.4 Å². The highest BCUT2D eigenvalue weighted by molar-refractivity contribution is 5.97. The first-order valence-electron chi connectivity index (χ1n) is 10.9. The Balaban J connectivity index is 1.41. The molecule has 1 aliphatic heterocycles. The molecule has 2 aromatic carbocycles. The molecule has 0 unspecified atom stereocenters. The van der Waals surface area contributed by atoms with Crippen LogP contribution in [0, 0.1) is 6.92 Å². The molecule has 0 spiro atoms. The fourth-order valence-electron chi connectivity index (χ4n) is 4.17. The number of carbonyl (C=O) groups is 1. The van der Waals surface area contributed by atoms with Crippen molar-refractivity contribution in [2.24, 2.45) is 0 Å². The Hall–Kier alpha value is -3.20. The number of fused-ring (bicyclic) bond motifs is 1. The van der Waals surface area contributed by atoms with Gasteiger partial charge in [-0.1, -0.05) is 12.1 Å². The largest absolute Gasteiger partial charge is 0.416 e. The van der Waals surface area contributed by atoms with Crippen LogP contribution >= 0.6 is 0 Å². The number of hydrogen-bond donors (Lipinski definition) is 0. The van der Waals surface area contributed by atoms with Crippen LogP contribution in [0.25, 0.3) is 11.0 Å². The van der Waals surface area contributed by atoms with Crippen LogP contribution in [0.5, 0.6) is 0 Å². The zero-order valence-electron chi connectivity index (χ0n) is 18.5. The van der Waals surface area contributed by atoms with Gasteiger partial charge in [0.05, 0.1) is 16.6 Å². The molecule has 9 heteroatoms. The molecule has 2 heterocycles. The van der Waals surface area contributed by atoms with Crippen LogP contribution in [0.15, 0.2) is 47.3 Å². The Kier molecular flexibility index (Phi) is 6.25. The van der Waals surface area contributed by atoms with Crippen LogP contribution < -0.4 is 5.56 Å². The number of aryl methyl sites for hydroxylation is 2. The highest BCUT2D eigenvalue weighted by Crippen LogP contribution is 2.29. The van der Waals surface area contributed by atoms with Crippen LogP contribution in [0.4, 0.5) is 13.2 Å². The van der Waals surface area contributed by atoms with Crippen molar-refractivity contribution in [3.8, 4) is 0 Å². The van der Waals surface area contributed by atoms with Gasteiger partial charge in [-0.05, 0) is 49.7 Å². The van der Waals surface area contributed by atoms with Gasteiger partial charge in [0.25, 0.3) is 11.5 Å². The zero-order valence-corrected chi connectivity index (χ0v) is 18.5. The van der Waals surface area contributed by atoms with Gasteiger partial charge in [0.1, 0.15) is 5.69 Å². The van der Waals surface area contributed by atoms with E-state index in [9.17, 15) is 22.8 Å². The minimum Gasteiger partial charge on any atom is -0.336 e. The van der Waals surface area contributed by atoms with Gasteiger partial charge < -0.3 is 9.47 Å². The molecule has 0 N–H and O–H groups in total. The maximum Gasteiger partial charge on any atom is 0.416 e. The van der Waals surface area contributed by atoms with Gasteiger partial charge in [0.15, 0.2) is 0 Å². The third-order valence-corrected chi connectivity index (χ3v) is 6.02. The van der Waals surface area contributed by atoms with Gasteiger partial charge in [0, 0.05) is 44.8 Å². The Morgan fingerprint density at radius 2 is 1.70 bits per heavy atom. The smallest absolute Gasteiger partial charge is 0.336 e. The molecule has 1 aliphatic rings. The van der Waals surface area contributed by atoms with Crippen LogP contribution in [-0.4, -0.2) is 51.4 Å². The summed E-state index contributed by atoms with van der Waals surface area (Å²) >= 11 is 0. The van der Waals surface area contributed by atoms with E-state index in [4.69, 9.17) is 0 Å². The molecule has 1 amide bonds. The molecule has 0 radical (unpaired) electrons. The van der Waals surface area contributed by atoms with E-state index in [1.807, 2.05) is 6.92 Å². The topological polar surface area (TPSA) is 58.4 Å². The van der Waals surface area contributed by atoms with E-state index in [1.54, 1.807) is 34.6 Å². The summed E-state index contributed by atoms with van der Waals surface area (Å²) in [6.07, 6.45) is -4.34. The number of hydrogen-bond acceptors (Lipinski definition) is 4. The Morgan fingerprint density at radius 1 is 1.03 bits per heavy atom. The van der Waals surface area contributed by atoms with Gasteiger partial charge in [-0.3, -0.25) is 14.5 Å². The average Bonchev–Trinajstić information content (AvgIpc) is 2.79. The van der Waals surface area contributed by atoms with E-state index in [0.717, 1.165) is 17.7 Å². The minimum atomic E-state index is -4.34. The van der Waals surface area contributed by atoms with Crippen molar-refractivity contribution in [3.05, 3.63) is 75.2 Å². The summed E-state index contributed by atoms with van der Waals surface area (Å²) in [5.41, 5.74) is 2.25. The number of nitrogens with zero attached hydrogens (tertiary/aromatic N) is 4. The number of rotatable bonds is 4. The molecule has 1 fully saturated rings. The van der Waals surface area contributed by atoms with E-state index >= 15 is 0 Å². The lowest BCUT2D eigenvalue weighted by atomic mass is 10.1. The zero-order chi connectivity index (χ0) is 23.8. The fourth-order valence-corrected chi connectivity index (χ4v) is 4.17. The molecule has 6 nitrogen and oxygen atoms in total. The number of piperazine rings is 1. The molecule has 4 rings (SSSR count). The molecule has 0 saturated carbocycles. The first-order chi connectivity index (χ1) is 15.7. The highest BCUT2D eigenvalue weighted by Gasteiger charge is 2.30. The second-order valence-electron chi connectivity index (χ2n) is 8.21. The summed E-state index contributed by atoms with van der Waals surface area (Å²) in [7, 11) is 0. The monoisotopic (exact) mass is 458 g/mol. The van der Waals surface area contributed by atoms with E-state index in [0.29, 0.717) is 61.6 Å². The normalized spacial score (nSPS) is 15.2. The van der Waals surface area contributed by atoms with Crippen molar-refractivity contribution in [1.29, 1.82) is 0 Å². The van der Waals surface area contributed by atoms with Crippen molar-refractivity contribution in [3.63, 3.8) is 0 Å². The van der Waals surface area contributed by atoms with E-state index in [-0.39, 0.29) is 11.5 Å². The summed E-state index contributed by atoms with van der Waals surface area (Å²) in [6.45, 7) is 6.93. The second kappa shape index (κ2) is 8.97. The number of benzene rings is 2. The summed E-state index contributed by atoms with van der Waals surface area (Å²) in [4.78, 5) is 33.6. The van der Waals surface area contributed by atoms with Crippen LogP contribution in [0.1, 0.15) is 34.1 Å². The third-order valence-electron chi connectivity index (χ3n) is 6.02. The molecule has 1 saturated heterocycles. The number of halogens is 3. The predicted molar refractivity (Wildman–Crippen MR) is 119 cm³/mol. The summed E-state index contributed by atoms with van der Waals surface area (Å²) in [5.74, 6) is -0.0974. The highest BCUT2D eigenvalue weighted by atomic mass is 19.4. The Bertz CT molecular complexity index is 1230. The number of carbonyl (C=O) groups excluding carboxylic acids is 1. The van der Waals surface area contributed by atoms with Crippen molar-refractivity contribution < 1.29 is 18.0 Å². The second-order valence-corrected chi connectivity index (χ2v) is 8.21. The van der Waals surface area contributed by atoms with E-state index < -0.39 is 11.7 Å². The summed E-state index contributed by atoms with van der Waals surface area (Å²) in [5, 5.41) is 0. The standard InChI is InChI=1S/C24H25F3N4O2/c1-3-31-21-9-6-18(14-20(21)28-16(2)22(31)32)23(33)30-12-10-29(11-13-30)15-17-4-7-19(8-5-17)24(25,26)27/h4-9,14H,3,10-13,15H2,1-2H3. The fraction of sp³-hybridized carbons (Fsp3) is 0.375. The number of alkyl halides is 3. The lowest BCUT2D eigenvalue weighted by molar-refractivity contribution is -0.137. The summed E-state index contributed by atoms with van der Waals surface area (Å²) in [6, 6.07) is 10.4. The van der Waals surface area contributed by atoms with Gasteiger partial charge in [0.2, 0.25) is 0 Å². The quantitative estimate of drug-likeness (QED) is 0.598. The number of aromatic nitrogens is 2. The van der Waals surface area contributed by atoms with Gasteiger partial charge >= 0.3 is 6.18 Å². The van der Waals surface area contributed by atoms with Crippen molar-refractivity contribution in [2.45, 2.75) is 33.1 Å². The minimum absolute atomic E-state index is 0.0974. The maximum absolute atomic E-state index is 13.1. The maximum atomic E-state index is 13.1. The van der Waals surface area contributed by atoms with Gasteiger partial charge in [-0.2, -0.15) is 13.2 Å². The predicted octanol–water partition coefficient (Wildman–Crippen LogP) is 3.70. The van der Waals surface area contributed by atoms with Crippen molar-refractivity contribution in [2.75, 3.05) is 26.2 Å². The average molecular weight is 458 g/mol. The Morgan fingerprint density at radius 3 is 2.30 bits per heavy atom. The lowest BCUT2D eigenvalue weighted by Crippen LogP contribution is -2.48. The van der Waals surface area contributed by atoms with Crippen LogP contribution in [0.3, 0.4) is 0 Å². The summed E-state index contributed by atoms with van der Waals surface area (Å²) < 4.78 is 39.8. The molecule has 0 bridgehead atoms. The Labute approximate surface area is 189 Å². The molecule has 0 atom stereocenters. The van der Waals surface area contributed by atoms with E-state index in [2.05, 4.69) is 9.88 Å². The number of amides is 1. The first-order valence-corrected chi connectivity index (χ1v) is 10.9. The lowest BCUT2D eigenvalue weighted by Gasteiger charge is -2.34.